The molecule has 1 rings (SSSR count). The molecule has 0 aliphatic heterocycles. The lowest BCUT2D eigenvalue weighted by molar-refractivity contribution is -0.124. The fraction of sp³-hybridized carbons (Fsp3) is 0.917. The normalized spacial score (nSPS) is 33.6. The average Bonchev–Trinajstić information content (AvgIpc) is 2.44. The summed E-state index contributed by atoms with van der Waals surface area (Å²) in [4.78, 5) is 11.8. The van der Waals surface area contributed by atoms with Crippen molar-refractivity contribution in [2.45, 2.75) is 52.9 Å². The molecule has 1 nitrogen and oxygen atoms in total. The fourth-order valence-corrected chi connectivity index (χ4v) is 2.36. The van der Waals surface area contributed by atoms with Gasteiger partial charge in [-0.15, -0.1) is 0 Å². The van der Waals surface area contributed by atoms with Crippen LogP contribution in [0.1, 0.15) is 52.9 Å². The van der Waals surface area contributed by atoms with Crippen molar-refractivity contribution in [1.82, 2.24) is 0 Å². The molecule has 0 aromatic heterocycles. The lowest BCUT2D eigenvalue weighted by atomic mass is 9.88. The van der Waals surface area contributed by atoms with Crippen molar-refractivity contribution < 1.29 is 4.79 Å². The van der Waals surface area contributed by atoms with Gasteiger partial charge in [-0.3, -0.25) is 4.79 Å². The largest absolute Gasteiger partial charge is 0.299 e. The average molecular weight is 182 g/mol. The van der Waals surface area contributed by atoms with Gasteiger partial charge in [-0.1, -0.05) is 27.2 Å². The van der Waals surface area contributed by atoms with E-state index in [-0.39, 0.29) is 0 Å². The molecule has 0 aromatic carbocycles. The van der Waals surface area contributed by atoms with Crippen molar-refractivity contribution in [1.29, 1.82) is 0 Å². The molecule has 1 heteroatoms. The van der Waals surface area contributed by atoms with Crippen LogP contribution in [0.4, 0.5) is 0 Å². The van der Waals surface area contributed by atoms with Crippen LogP contribution < -0.4 is 0 Å². The number of hydrogen-bond donors (Lipinski definition) is 0. The van der Waals surface area contributed by atoms with E-state index in [0.29, 0.717) is 17.6 Å². The molecule has 1 aliphatic carbocycles. The molecule has 0 bridgehead atoms. The maximum Gasteiger partial charge on any atom is 0.136 e. The minimum Gasteiger partial charge on any atom is -0.299 e. The van der Waals surface area contributed by atoms with Gasteiger partial charge in [0.15, 0.2) is 0 Å². The van der Waals surface area contributed by atoms with E-state index < -0.39 is 0 Å². The molecule has 13 heavy (non-hydrogen) atoms. The third-order valence-corrected chi connectivity index (χ3v) is 3.66. The number of ketones is 1. The third kappa shape index (κ3) is 2.55. The second-order valence-corrected chi connectivity index (χ2v) is 4.59. The van der Waals surface area contributed by atoms with Crippen molar-refractivity contribution in [3.63, 3.8) is 0 Å². The van der Waals surface area contributed by atoms with E-state index in [1.807, 2.05) is 0 Å². The molecule has 0 amide bonds. The van der Waals surface area contributed by atoms with Crippen LogP contribution in [0.5, 0.6) is 0 Å². The summed E-state index contributed by atoms with van der Waals surface area (Å²) in [5.41, 5.74) is 0. The highest BCUT2D eigenvalue weighted by Gasteiger charge is 2.33. The first-order valence-corrected chi connectivity index (χ1v) is 5.69. The van der Waals surface area contributed by atoms with E-state index in [9.17, 15) is 4.79 Å². The van der Waals surface area contributed by atoms with E-state index >= 15 is 0 Å². The quantitative estimate of drug-likeness (QED) is 0.651. The highest BCUT2D eigenvalue weighted by atomic mass is 16.1. The minimum absolute atomic E-state index is 0.390. The van der Waals surface area contributed by atoms with Crippen molar-refractivity contribution in [2.75, 3.05) is 0 Å². The number of carbonyl (C=O) groups is 1. The Morgan fingerprint density at radius 2 is 2.00 bits per heavy atom. The van der Waals surface area contributed by atoms with E-state index in [1.165, 1.54) is 6.42 Å². The third-order valence-electron chi connectivity index (χ3n) is 3.66. The number of rotatable bonds is 4. The summed E-state index contributed by atoms with van der Waals surface area (Å²) in [5.74, 6) is 2.31. The van der Waals surface area contributed by atoms with Gasteiger partial charge in [0.25, 0.3) is 0 Å². The van der Waals surface area contributed by atoms with E-state index in [2.05, 4.69) is 20.8 Å². The molecule has 0 N–H and O–H groups in total. The first-order chi connectivity index (χ1) is 6.16. The molecule has 0 spiro atoms. The van der Waals surface area contributed by atoms with Crippen LogP contribution in [-0.2, 0) is 4.79 Å². The maximum atomic E-state index is 11.8. The summed E-state index contributed by atoms with van der Waals surface area (Å²) in [6.07, 6.45) is 5.44. The van der Waals surface area contributed by atoms with Crippen molar-refractivity contribution in [3.8, 4) is 0 Å². The predicted molar refractivity (Wildman–Crippen MR) is 55.6 cm³/mol. The molecule has 0 radical (unpaired) electrons. The molecule has 1 aliphatic rings. The Bertz CT molecular complexity index is 174. The summed E-state index contributed by atoms with van der Waals surface area (Å²) in [6.45, 7) is 6.66. The summed E-state index contributed by atoms with van der Waals surface area (Å²) < 4.78 is 0. The van der Waals surface area contributed by atoms with Gasteiger partial charge in [0, 0.05) is 12.3 Å². The molecule has 0 saturated heterocycles. The van der Waals surface area contributed by atoms with Gasteiger partial charge >= 0.3 is 0 Å². The Kier molecular flexibility index (Phi) is 3.95. The molecule has 1 unspecified atom stereocenters. The van der Waals surface area contributed by atoms with Gasteiger partial charge in [0.2, 0.25) is 0 Å². The van der Waals surface area contributed by atoms with E-state index in [4.69, 9.17) is 0 Å². The lowest BCUT2D eigenvalue weighted by Crippen LogP contribution is -2.18. The lowest BCUT2D eigenvalue weighted by Gasteiger charge is -2.16. The topological polar surface area (TPSA) is 17.1 Å². The second-order valence-electron chi connectivity index (χ2n) is 4.59. The van der Waals surface area contributed by atoms with E-state index in [0.717, 1.165) is 31.6 Å². The van der Waals surface area contributed by atoms with Crippen LogP contribution in [0, 0.1) is 17.8 Å². The first kappa shape index (κ1) is 10.7. The van der Waals surface area contributed by atoms with Crippen molar-refractivity contribution >= 4 is 5.78 Å². The summed E-state index contributed by atoms with van der Waals surface area (Å²) in [5, 5.41) is 0. The minimum atomic E-state index is 0.390. The number of unbranched alkanes of at least 4 members (excludes halogenated alkanes) is 1. The van der Waals surface area contributed by atoms with Gasteiger partial charge in [0.1, 0.15) is 5.78 Å². The molecule has 1 fully saturated rings. The zero-order chi connectivity index (χ0) is 9.84. The van der Waals surface area contributed by atoms with Crippen molar-refractivity contribution in [2.24, 2.45) is 17.8 Å². The summed E-state index contributed by atoms with van der Waals surface area (Å²) >= 11 is 0. The standard InChI is InChI=1S/C12H22O/c1-4-5-6-12(13)11-8-7-9(2)10(11)3/h9-11H,4-8H2,1-3H3/t9?,10-,11+/m0/s1. The number of Topliss-reactive ketones (excluding diaryl/α,β-unsaturated/α-hetero) is 1. The zero-order valence-corrected chi connectivity index (χ0v) is 9.18. The second kappa shape index (κ2) is 4.78. The number of carbonyl (C=O) groups excluding carboxylic acids is 1. The van der Waals surface area contributed by atoms with Crippen LogP contribution in [0.3, 0.4) is 0 Å². The van der Waals surface area contributed by atoms with Crippen LogP contribution in [0.2, 0.25) is 0 Å². The Hall–Kier alpha value is -0.330. The molecule has 0 aromatic rings. The molecular weight excluding hydrogens is 160 g/mol. The first-order valence-electron chi connectivity index (χ1n) is 5.69. The van der Waals surface area contributed by atoms with Crippen LogP contribution >= 0.6 is 0 Å². The Balaban J connectivity index is 2.39. The van der Waals surface area contributed by atoms with Crippen LogP contribution in [-0.4, -0.2) is 5.78 Å². The maximum absolute atomic E-state index is 11.8. The van der Waals surface area contributed by atoms with Crippen LogP contribution in [0.25, 0.3) is 0 Å². The highest BCUT2D eigenvalue weighted by molar-refractivity contribution is 5.81. The Morgan fingerprint density at radius 3 is 2.46 bits per heavy atom. The molecule has 76 valence electrons. The smallest absolute Gasteiger partial charge is 0.136 e. The Morgan fingerprint density at radius 1 is 1.31 bits per heavy atom. The van der Waals surface area contributed by atoms with Crippen molar-refractivity contribution in [3.05, 3.63) is 0 Å². The highest BCUT2D eigenvalue weighted by Crippen LogP contribution is 2.37. The Labute approximate surface area is 81.9 Å². The monoisotopic (exact) mass is 182 g/mol. The molecule has 1 saturated carbocycles. The van der Waals surface area contributed by atoms with Crippen LogP contribution in [0.15, 0.2) is 0 Å². The zero-order valence-electron chi connectivity index (χ0n) is 9.18. The summed E-state index contributed by atoms with van der Waals surface area (Å²) in [7, 11) is 0. The van der Waals surface area contributed by atoms with Gasteiger partial charge in [-0.05, 0) is 31.1 Å². The number of hydrogen-bond acceptors (Lipinski definition) is 1. The molecular formula is C12H22O. The van der Waals surface area contributed by atoms with Gasteiger partial charge in [-0.25, -0.2) is 0 Å². The van der Waals surface area contributed by atoms with Gasteiger partial charge < -0.3 is 0 Å². The predicted octanol–water partition coefficient (Wildman–Crippen LogP) is 3.43. The van der Waals surface area contributed by atoms with E-state index in [1.54, 1.807) is 0 Å². The van der Waals surface area contributed by atoms with Gasteiger partial charge in [0.05, 0.1) is 0 Å². The molecule has 3 atom stereocenters. The molecule has 0 heterocycles. The summed E-state index contributed by atoms with van der Waals surface area (Å²) in [6, 6.07) is 0. The SMILES string of the molecule is CCCCC(=O)[C@@H]1CCC(C)[C@@H]1C. The van der Waals surface area contributed by atoms with Gasteiger partial charge in [-0.2, -0.15) is 0 Å². The fourth-order valence-electron chi connectivity index (χ4n) is 2.36.